The Balaban J connectivity index is 1.48. The third-order valence-corrected chi connectivity index (χ3v) is 5.76. The summed E-state index contributed by atoms with van der Waals surface area (Å²) in [5.41, 5.74) is 8.14. The number of thiazole rings is 1. The lowest BCUT2D eigenvalue weighted by Gasteiger charge is -2.18. The Labute approximate surface area is 156 Å². The van der Waals surface area contributed by atoms with Gasteiger partial charge in [-0.15, -0.1) is 11.3 Å². The highest BCUT2D eigenvalue weighted by atomic mass is 32.1. The van der Waals surface area contributed by atoms with Crippen molar-refractivity contribution in [3.05, 3.63) is 53.8 Å². The lowest BCUT2D eigenvalue weighted by atomic mass is 10.0. The second-order valence-electron chi connectivity index (χ2n) is 6.55. The van der Waals surface area contributed by atoms with Crippen LogP contribution in [-0.2, 0) is 0 Å². The number of carbonyl (C=O) groups excluding carboxylic acids is 1. The first kappa shape index (κ1) is 16.9. The zero-order valence-corrected chi connectivity index (χ0v) is 15.2. The lowest BCUT2D eigenvalue weighted by Crippen LogP contribution is -2.40. The van der Waals surface area contributed by atoms with Gasteiger partial charge in [-0.25, -0.2) is 9.67 Å². The van der Waals surface area contributed by atoms with E-state index in [1.807, 2.05) is 36.5 Å². The van der Waals surface area contributed by atoms with Gasteiger partial charge in [-0.1, -0.05) is 24.6 Å². The third-order valence-electron chi connectivity index (χ3n) is 4.87. The van der Waals surface area contributed by atoms with Gasteiger partial charge in [-0.2, -0.15) is 5.10 Å². The van der Waals surface area contributed by atoms with Crippen molar-refractivity contribution in [1.82, 2.24) is 20.1 Å². The summed E-state index contributed by atoms with van der Waals surface area (Å²) >= 11 is 1.45. The Hall–Kier alpha value is -2.51. The fourth-order valence-electron chi connectivity index (χ4n) is 3.42. The van der Waals surface area contributed by atoms with E-state index in [-0.39, 0.29) is 11.9 Å². The van der Waals surface area contributed by atoms with Crippen LogP contribution in [-0.4, -0.2) is 33.3 Å². The summed E-state index contributed by atoms with van der Waals surface area (Å²) in [5, 5.41) is 10.1. The minimum Gasteiger partial charge on any atom is -0.348 e. The number of benzene rings is 1. The smallest absolute Gasteiger partial charge is 0.271 e. The summed E-state index contributed by atoms with van der Waals surface area (Å²) in [6, 6.07) is 10.1. The van der Waals surface area contributed by atoms with Crippen LogP contribution in [0, 0.1) is 5.92 Å². The van der Waals surface area contributed by atoms with Crippen LogP contribution in [0.2, 0.25) is 0 Å². The number of nitrogens with two attached hydrogens (primary N) is 1. The highest BCUT2D eigenvalue weighted by Crippen LogP contribution is 2.26. The van der Waals surface area contributed by atoms with Crippen molar-refractivity contribution >= 4 is 17.2 Å². The molecule has 1 aliphatic rings. The van der Waals surface area contributed by atoms with E-state index >= 15 is 0 Å². The first-order valence-electron chi connectivity index (χ1n) is 8.81. The number of amides is 1. The average Bonchev–Trinajstić information content (AvgIpc) is 3.42. The van der Waals surface area contributed by atoms with E-state index in [2.05, 4.69) is 15.4 Å². The van der Waals surface area contributed by atoms with E-state index < -0.39 is 0 Å². The maximum Gasteiger partial charge on any atom is 0.271 e. The van der Waals surface area contributed by atoms with Crippen LogP contribution in [0.25, 0.3) is 16.3 Å². The van der Waals surface area contributed by atoms with Crippen LogP contribution in [0.1, 0.15) is 29.8 Å². The number of nitrogens with zero attached hydrogens (tertiary/aromatic N) is 3. The van der Waals surface area contributed by atoms with Crippen molar-refractivity contribution in [2.24, 2.45) is 11.7 Å². The molecule has 1 amide bonds. The molecule has 3 aromatic rings. The second-order valence-corrected chi connectivity index (χ2v) is 7.41. The van der Waals surface area contributed by atoms with Gasteiger partial charge >= 0.3 is 0 Å². The highest BCUT2D eigenvalue weighted by molar-refractivity contribution is 7.13. The molecular formula is C19H21N5OS. The van der Waals surface area contributed by atoms with E-state index in [1.165, 1.54) is 11.3 Å². The van der Waals surface area contributed by atoms with E-state index in [4.69, 9.17) is 5.73 Å². The minimum absolute atomic E-state index is 0.117. The van der Waals surface area contributed by atoms with Gasteiger partial charge in [0.25, 0.3) is 5.91 Å². The lowest BCUT2D eigenvalue weighted by molar-refractivity contribution is 0.0924. The van der Waals surface area contributed by atoms with Crippen molar-refractivity contribution in [3.63, 3.8) is 0 Å². The molecular weight excluding hydrogens is 346 g/mol. The first-order valence-corrected chi connectivity index (χ1v) is 9.69. The predicted octanol–water partition coefficient (Wildman–Crippen LogP) is 2.85. The largest absolute Gasteiger partial charge is 0.348 e. The van der Waals surface area contributed by atoms with Crippen LogP contribution in [0.5, 0.6) is 0 Å². The van der Waals surface area contributed by atoms with Crippen LogP contribution in [0.15, 0.2) is 48.1 Å². The molecule has 0 radical (unpaired) electrons. The van der Waals surface area contributed by atoms with E-state index in [9.17, 15) is 4.79 Å². The molecule has 0 aliphatic heterocycles. The van der Waals surface area contributed by atoms with Crippen molar-refractivity contribution in [2.45, 2.75) is 25.3 Å². The van der Waals surface area contributed by atoms with Crippen LogP contribution < -0.4 is 11.1 Å². The fraction of sp³-hybridized carbons (Fsp3) is 0.316. The van der Waals surface area contributed by atoms with E-state index in [0.29, 0.717) is 18.2 Å². The standard InChI is InChI=1S/C19H21N5OS/c20-9-13-5-4-8-16(13)22-18(25)17-12-26-19(23-17)14-10-21-24(11-14)15-6-2-1-3-7-15/h1-3,6-7,10-13,16H,4-5,8-9,20H2,(H,22,25). The van der Waals surface area contributed by atoms with Gasteiger partial charge in [-0.3, -0.25) is 4.79 Å². The van der Waals surface area contributed by atoms with Gasteiger partial charge < -0.3 is 11.1 Å². The molecule has 2 aromatic heterocycles. The molecule has 2 unspecified atom stereocenters. The molecule has 1 saturated carbocycles. The molecule has 2 heterocycles. The molecule has 1 aliphatic carbocycles. The summed E-state index contributed by atoms with van der Waals surface area (Å²) in [6.07, 6.45) is 6.90. The number of hydrogen-bond acceptors (Lipinski definition) is 5. The molecule has 0 bridgehead atoms. The molecule has 7 heteroatoms. The topological polar surface area (TPSA) is 85.8 Å². The molecule has 2 atom stereocenters. The summed E-state index contributed by atoms with van der Waals surface area (Å²) in [6.45, 7) is 0.617. The van der Waals surface area contributed by atoms with Gasteiger partial charge in [0.15, 0.2) is 0 Å². The molecule has 26 heavy (non-hydrogen) atoms. The molecule has 1 aromatic carbocycles. The SMILES string of the molecule is NCC1CCCC1NC(=O)c1csc(-c2cnn(-c3ccccc3)c2)n1. The molecule has 3 N–H and O–H groups in total. The summed E-state index contributed by atoms with van der Waals surface area (Å²) in [5.74, 6) is 0.259. The Morgan fingerprint density at radius 1 is 1.31 bits per heavy atom. The van der Waals surface area contributed by atoms with Gasteiger partial charge in [0.1, 0.15) is 10.7 Å². The average molecular weight is 367 g/mol. The number of aromatic nitrogens is 3. The molecule has 0 saturated heterocycles. The monoisotopic (exact) mass is 367 g/mol. The molecule has 134 valence electrons. The number of nitrogens with one attached hydrogen (secondary N) is 1. The van der Waals surface area contributed by atoms with Crippen molar-refractivity contribution in [3.8, 4) is 16.3 Å². The molecule has 6 nitrogen and oxygen atoms in total. The Morgan fingerprint density at radius 3 is 2.96 bits per heavy atom. The second kappa shape index (κ2) is 7.39. The van der Waals surface area contributed by atoms with E-state index in [1.54, 1.807) is 16.3 Å². The Morgan fingerprint density at radius 2 is 2.15 bits per heavy atom. The maximum absolute atomic E-state index is 12.5. The van der Waals surface area contributed by atoms with E-state index in [0.717, 1.165) is 35.5 Å². The quantitative estimate of drug-likeness (QED) is 0.726. The number of para-hydroxylation sites is 1. The minimum atomic E-state index is -0.117. The fourth-order valence-corrected chi connectivity index (χ4v) is 4.19. The van der Waals surface area contributed by atoms with Gasteiger partial charge in [0.05, 0.1) is 11.9 Å². The van der Waals surface area contributed by atoms with Crippen LogP contribution in [0.4, 0.5) is 0 Å². The number of carbonyl (C=O) groups is 1. The van der Waals surface area contributed by atoms with Crippen molar-refractivity contribution in [1.29, 1.82) is 0 Å². The van der Waals surface area contributed by atoms with Gasteiger partial charge in [0.2, 0.25) is 0 Å². The van der Waals surface area contributed by atoms with Crippen molar-refractivity contribution < 1.29 is 4.79 Å². The predicted molar refractivity (Wildman–Crippen MR) is 102 cm³/mol. The summed E-state index contributed by atoms with van der Waals surface area (Å²) < 4.78 is 1.81. The normalized spacial score (nSPS) is 19.6. The Bertz CT molecular complexity index is 888. The van der Waals surface area contributed by atoms with Crippen LogP contribution in [0.3, 0.4) is 0 Å². The first-order chi connectivity index (χ1) is 12.7. The summed E-state index contributed by atoms with van der Waals surface area (Å²) in [4.78, 5) is 17.0. The van der Waals surface area contributed by atoms with Gasteiger partial charge in [0, 0.05) is 23.2 Å². The van der Waals surface area contributed by atoms with Crippen LogP contribution >= 0.6 is 11.3 Å². The maximum atomic E-state index is 12.5. The zero-order valence-electron chi connectivity index (χ0n) is 14.3. The number of hydrogen-bond donors (Lipinski definition) is 2. The number of rotatable bonds is 5. The zero-order chi connectivity index (χ0) is 17.9. The van der Waals surface area contributed by atoms with Gasteiger partial charge in [-0.05, 0) is 37.4 Å². The Kier molecular flexibility index (Phi) is 4.81. The third kappa shape index (κ3) is 3.40. The van der Waals surface area contributed by atoms with Crippen molar-refractivity contribution in [2.75, 3.05) is 6.54 Å². The molecule has 0 spiro atoms. The summed E-state index contributed by atoms with van der Waals surface area (Å²) in [7, 11) is 0. The molecule has 1 fully saturated rings. The highest BCUT2D eigenvalue weighted by Gasteiger charge is 2.28. The molecule has 4 rings (SSSR count).